The third-order valence-electron chi connectivity index (χ3n) is 3.61. The molecule has 0 N–H and O–H groups in total. The fraction of sp³-hybridized carbons (Fsp3) is 0.467. The molecule has 108 valence electrons. The van der Waals surface area contributed by atoms with Gasteiger partial charge in [0.05, 0.1) is 24.0 Å². The Balaban J connectivity index is 2.46. The number of fused-ring (bicyclic) bond motifs is 1. The van der Waals surface area contributed by atoms with Gasteiger partial charge >= 0.3 is 5.97 Å². The van der Waals surface area contributed by atoms with Gasteiger partial charge in [-0.3, -0.25) is 4.79 Å². The maximum atomic E-state index is 12.0. The summed E-state index contributed by atoms with van der Waals surface area (Å²) in [6.07, 6.45) is 0.477. The van der Waals surface area contributed by atoms with E-state index in [1.165, 1.54) is 7.11 Å². The molecule has 0 atom stereocenters. The van der Waals surface area contributed by atoms with Crippen molar-refractivity contribution < 1.29 is 14.3 Å². The second kappa shape index (κ2) is 5.94. The molecule has 0 saturated heterocycles. The van der Waals surface area contributed by atoms with Crippen molar-refractivity contribution >= 4 is 23.3 Å². The summed E-state index contributed by atoms with van der Waals surface area (Å²) in [5, 5.41) is 0. The highest BCUT2D eigenvalue weighted by Crippen LogP contribution is 2.34. The van der Waals surface area contributed by atoms with Gasteiger partial charge in [-0.05, 0) is 25.1 Å². The minimum absolute atomic E-state index is 0.104. The number of anilines is 2. The van der Waals surface area contributed by atoms with Crippen LogP contribution in [0.1, 0.15) is 30.6 Å². The molecule has 0 radical (unpaired) electrons. The van der Waals surface area contributed by atoms with Crippen LogP contribution in [0.4, 0.5) is 11.4 Å². The van der Waals surface area contributed by atoms with Crippen LogP contribution in [-0.2, 0) is 9.53 Å². The summed E-state index contributed by atoms with van der Waals surface area (Å²) in [7, 11) is 1.37. The molecule has 0 saturated carbocycles. The molecule has 0 aromatic heterocycles. The number of methoxy groups -OCH3 is 1. The molecule has 1 aliphatic heterocycles. The minimum Gasteiger partial charge on any atom is -0.465 e. The fourth-order valence-electron chi connectivity index (χ4n) is 2.49. The molecule has 2 rings (SSSR count). The van der Waals surface area contributed by atoms with Crippen molar-refractivity contribution in [2.24, 2.45) is 0 Å². The van der Waals surface area contributed by atoms with E-state index in [9.17, 15) is 9.59 Å². The predicted octanol–water partition coefficient (Wildman–Crippen LogP) is 2.06. The number of ether oxygens (including phenoxy) is 1. The maximum Gasteiger partial charge on any atom is 0.337 e. The lowest BCUT2D eigenvalue weighted by Gasteiger charge is -2.37. The standard InChI is InChI=1S/C15H20N2O3/c1-4-14(18)17-9-8-16(5-2)13-10-11(15(19)20-3)6-7-12(13)17/h6-7,10H,4-5,8-9H2,1-3H3. The topological polar surface area (TPSA) is 49.9 Å². The van der Waals surface area contributed by atoms with Gasteiger partial charge < -0.3 is 14.5 Å². The number of esters is 1. The summed E-state index contributed by atoms with van der Waals surface area (Å²) in [6.45, 7) is 6.22. The van der Waals surface area contributed by atoms with Crippen LogP contribution in [0.2, 0.25) is 0 Å². The lowest BCUT2D eigenvalue weighted by Crippen LogP contribution is -2.44. The first kappa shape index (κ1) is 14.4. The number of amides is 1. The van der Waals surface area contributed by atoms with Gasteiger partial charge in [0.15, 0.2) is 0 Å². The van der Waals surface area contributed by atoms with Crippen LogP contribution in [0.25, 0.3) is 0 Å². The van der Waals surface area contributed by atoms with Crippen molar-refractivity contribution in [3.05, 3.63) is 23.8 Å². The van der Waals surface area contributed by atoms with E-state index in [1.807, 2.05) is 13.0 Å². The first-order valence-corrected chi connectivity index (χ1v) is 6.90. The van der Waals surface area contributed by atoms with Crippen LogP contribution >= 0.6 is 0 Å². The number of nitrogens with zero attached hydrogens (tertiary/aromatic N) is 2. The molecular formula is C15H20N2O3. The van der Waals surface area contributed by atoms with Crippen molar-refractivity contribution in [3.8, 4) is 0 Å². The first-order chi connectivity index (χ1) is 9.62. The number of benzene rings is 1. The van der Waals surface area contributed by atoms with Gasteiger partial charge in [0.2, 0.25) is 5.91 Å². The highest BCUT2D eigenvalue weighted by atomic mass is 16.5. The van der Waals surface area contributed by atoms with Crippen molar-refractivity contribution in [1.29, 1.82) is 0 Å². The normalized spacial score (nSPS) is 13.9. The van der Waals surface area contributed by atoms with Crippen molar-refractivity contribution in [1.82, 2.24) is 0 Å². The Morgan fingerprint density at radius 1 is 1.20 bits per heavy atom. The maximum absolute atomic E-state index is 12.0. The van der Waals surface area contributed by atoms with E-state index in [4.69, 9.17) is 4.74 Å². The second-order valence-corrected chi connectivity index (χ2v) is 4.67. The van der Waals surface area contributed by atoms with Gasteiger partial charge in [0.25, 0.3) is 0 Å². The molecule has 0 aliphatic carbocycles. The summed E-state index contributed by atoms with van der Waals surface area (Å²) in [4.78, 5) is 27.6. The summed E-state index contributed by atoms with van der Waals surface area (Å²) >= 11 is 0. The van der Waals surface area contributed by atoms with E-state index >= 15 is 0 Å². The number of carbonyl (C=O) groups is 2. The van der Waals surface area contributed by atoms with Crippen molar-refractivity contribution in [2.45, 2.75) is 20.3 Å². The van der Waals surface area contributed by atoms with Crippen molar-refractivity contribution in [2.75, 3.05) is 36.5 Å². The predicted molar refractivity (Wildman–Crippen MR) is 78.3 cm³/mol. The largest absolute Gasteiger partial charge is 0.465 e. The number of likely N-dealkylation sites (N-methyl/N-ethyl adjacent to an activating group) is 1. The van der Waals surface area contributed by atoms with Gasteiger partial charge in [0, 0.05) is 26.1 Å². The highest BCUT2D eigenvalue weighted by molar-refractivity contribution is 6.00. The van der Waals surface area contributed by atoms with Crippen LogP contribution in [0.3, 0.4) is 0 Å². The summed E-state index contributed by atoms with van der Waals surface area (Å²) in [5.74, 6) is -0.254. The molecule has 20 heavy (non-hydrogen) atoms. The Labute approximate surface area is 119 Å². The number of rotatable bonds is 3. The molecule has 0 unspecified atom stereocenters. The zero-order valence-corrected chi connectivity index (χ0v) is 12.2. The van der Waals surface area contributed by atoms with Crippen LogP contribution in [0.15, 0.2) is 18.2 Å². The van der Waals surface area contributed by atoms with E-state index in [0.29, 0.717) is 18.5 Å². The summed E-state index contributed by atoms with van der Waals surface area (Å²) in [6, 6.07) is 5.34. The minimum atomic E-state index is -0.359. The molecular weight excluding hydrogens is 256 g/mol. The van der Waals surface area contributed by atoms with E-state index in [0.717, 1.165) is 24.5 Å². The van der Waals surface area contributed by atoms with Gasteiger partial charge in [0.1, 0.15) is 0 Å². The van der Waals surface area contributed by atoms with Gasteiger partial charge in [-0.25, -0.2) is 4.79 Å². The van der Waals surface area contributed by atoms with Gasteiger partial charge in [-0.2, -0.15) is 0 Å². The lowest BCUT2D eigenvalue weighted by atomic mass is 10.1. The van der Waals surface area contributed by atoms with Crippen LogP contribution in [0, 0.1) is 0 Å². The Hall–Kier alpha value is -2.04. The molecule has 1 aliphatic rings. The average Bonchev–Trinajstić information content (AvgIpc) is 2.51. The third-order valence-corrected chi connectivity index (χ3v) is 3.61. The Bertz CT molecular complexity index is 528. The Kier molecular flexibility index (Phi) is 4.27. The van der Waals surface area contributed by atoms with Crippen LogP contribution in [-0.4, -0.2) is 38.6 Å². The SMILES string of the molecule is CCC(=O)N1CCN(CC)c2cc(C(=O)OC)ccc21. The molecule has 0 fully saturated rings. The number of hydrogen-bond acceptors (Lipinski definition) is 4. The molecule has 1 aromatic carbocycles. The molecule has 1 aromatic rings. The first-order valence-electron chi connectivity index (χ1n) is 6.90. The van der Waals surface area contributed by atoms with Crippen LogP contribution < -0.4 is 9.80 Å². The monoisotopic (exact) mass is 276 g/mol. The van der Waals surface area contributed by atoms with Gasteiger partial charge in [-0.1, -0.05) is 6.92 Å². The highest BCUT2D eigenvalue weighted by Gasteiger charge is 2.26. The van der Waals surface area contributed by atoms with E-state index in [1.54, 1.807) is 17.0 Å². The van der Waals surface area contributed by atoms with E-state index < -0.39 is 0 Å². The number of hydrogen-bond donors (Lipinski definition) is 0. The molecule has 1 amide bonds. The molecule has 1 heterocycles. The fourth-order valence-corrected chi connectivity index (χ4v) is 2.49. The second-order valence-electron chi connectivity index (χ2n) is 4.67. The molecule has 5 nitrogen and oxygen atoms in total. The molecule has 5 heteroatoms. The van der Waals surface area contributed by atoms with E-state index in [-0.39, 0.29) is 11.9 Å². The number of carbonyl (C=O) groups excluding carboxylic acids is 2. The molecule has 0 spiro atoms. The smallest absolute Gasteiger partial charge is 0.337 e. The zero-order valence-electron chi connectivity index (χ0n) is 12.2. The third kappa shape index (κ3) is 2.48. The van der Waals surface area contributed by atoms with Crippen LogP contribution in [0.5, 0.6) is 0 Å². The summed E-state index contributed by atoms with van der Waals surface area (Å²) < 4.78 is 4.75. The Morgan fingerprint density at radius 2 is 1.95 bits per heavy atom. The average molecular weight is 276 g/mol. The summed E-state index contributed by atoms with van der Waals surface area (Å²) in [5.41, 5.74) is 2.30. The van der Waals surface area contributed by atoms with Crippen molar-refractivity contribution in [3.63, 3.8) is 0 Å². The Morgan fingerprint density at radius 3 is 2.55 bits per heavy atom. The van der Waals surface area contributed by atoms with Gasteiger partial charge in [-0.15, -0.1) is 0 Å². The quantitative estimate of drug-likeness (QED) is 0.793. The zero-order chi connectivity index (χ0) is 14.7. The molecule has 0 bridgehead atoms. The van der Waals surface area contributed by atoms with E-state index in [2.05, 4.69) is 11.8 Å². The lowest BCUT2D eigenvalue weighted by molar-refractivity contribution is -0.118.